The Morgan fingerprint density at radius 3 is 3.06 bits per heavy atom. The topological polar surface area (TPSA) is 60.2 Å². The van der Waals surface area contributed by atoms with Crippen molar-refractivity contribution in [2.45, 2.75) is 13.0 Å². The van der Waals surface area contributed by atoms with Crippen molar-refractivity contribution in [1.82, 2.24) is 15.0 Å². The van der Waals surface area contributed by atoms with Crippen molar-refractivity contribution in [3.8, 4) is 5.69 Å². The van der Waals surface area contributed by atoms with Crippen molar-refractivity contribution in [3.63, 3.8) is 0 Å². The van der Waals surface area contributed by atoms with Crippen LogP contribution >= 0.6 is 0 Å². The number of hydrogen-bond acceptors (Lipinski definition) is 4. The number of ether oxygens (including phenoxy) is 1. The Morgan fingerprint density at radius 1 is 1.41 bits per heavy atom. The number of benzene rings is 1. The lowest BCUT2D eigenvalue weighted by atomic mass is 10.2. The van der Waals surface area contributed by atoms with Gasteiger partial charge >= 0.3 is 0 Å². The van der Waals surface area contributed by atoms with Gasteiger partial charge in [-0.15, -0.1) is 5.10 Å². The second-order valence-corrected chi connectivity index (χ2v) is 3.73. The van der Waals surface area contributed by atoms with Crippen LogP contribution in [0.3, 0.4) is 0 Å². The highest BCUT2D eigenvalue weighted by Gasteiger charge is 2.03. The first-order valence-corrected chi connectivity index (χ1v) is 5.44. The summed E-state index contributed by atoms with van der Waals surface area (Å²) in [5, 5.41) is 16.8. The molecular formula is C12H15N3O2. The zero-order valence-electron chi connectivity index (χ0n) is 9.71. The molecule has 0 fully saturated rings. The molecule has 0 unspecified atom stereocenters. The van der Waals surface area contributed by atoms with Crippen molar-refractivity contribution in [1.29, 1.82) is 0 Å². The summed E-state index contributed by atoms with van der Waals surface area (Å²) in [5.41, 5.74) is 2.81. The first-order valence-electron chi connectivity index (χ1n) is 5.44. The van der Waals surface area contributed by atoms with Crippen molar-refractivity contribution >= 4 is 0 Å². The van der Waals surface area contributed by atoms with Crippen LogP contribution in [0.1, 0.15) is 11.3 Å². The van der Waals surface area contributed by atoms with Gasteiger partial charge in [-0.1, -0.05) is 17.3 Å². The Morgan fingerprint density at radius 2 is 2.29 bits per heavy atom. The van der Waals surface area contributed by atoms with Gasteiger partial charge in [0.1, 0.15) is 0 Å². The van der Waals surface area contributed by atoms with E-state index in [1.807, 2.05) is 30.5 Å². The average Bonchev–Trinajstić information content (AvgIpc) is 2.79. The number of methoxy groups -OCH3 is 1. The van der Waals surface area contributed by atoms with Crippen molar-refractivity contribution < 1.29 is 9.84 Å². The van der Waals surface area contributed by atoms with E-state index in [9.17, 15) is 0 Å². The van der Waals surface area contributed by atoms with Crippen molar-refractivity contribution in [2.75, 3.05) is 13.7 Å². The van der Waals surface area contributed by atoms with Gasteiger partial charge in [0.25, 0.3) is 0 Å². The number of hydrogen-bond donors (Lipinski definition) is 1. The van der Waals surface area contributed by atoms with E-state index in [-0.39, 0.29) is 6.61 Å². The van der Waals surface area contributed by atoms with Gasteiger partial charge in [0.05, 0.1) is 24.2 Å². The highest BCUT2D eigenvalue weighted by atomic mass is 16.5. The quantitative estimate of drug-likeness (QED) is 0.835. The van der Waals surface area contributed by atoms with Gasteiger partial charge in [-0.05, 0) is 17.7 Å². The zero-order valence-corrected chi connectivity index (χ0v) is 9.71. The fourth-order valence-corrected chi connectivity index (χ4v) is 1.61. The van der Waals surface area contributed by atoms with Crippen molar-refractivity contribution in [2.24, 2.45) is 0 Å². The van der Waals surface area contributed by atoms with E-state index in [2.05, 4.69) is 10.3 Å². The first kappa shape index (κ1) is 11.8. The molecule has 1 heterocycles. The lowest BCUT2D eigenvalue weighted by molar-refractivity contribution is 0.185. The summed E-state index contributed by atoms with van der Waals surface area (Å²) in [6.07, 6.45) is 2.35. The summed E-state index contributed by atoms with van der Waals surface area (Å²) in [6, 6.07) is 7.91. The highest BCUT2D eigenvalue weighted by molar-refractivity contribution is 5.34. The monoisotopic (exact) mass is 233 g/mol. The van der Waals surface area contributed by atoms with E-state index in [0.29, 0.717) is 13.0 Å². The Kier molecular flexibility index (Phi) is 3.85. The number of rotatable bonds is 5. The second kappa shape index (κ2) is 5.56. The van der Waals surface area contributed by atoms with E-state index >= 15 is 0 Å². The molecule has 1 aromatic heterocycles. The molecule has 1 aromatic carbocycles. The Balaban J connectivity index is 2.22. The molecule has 0 saturated heterocycles. The lowest BCUT2D eigenvalue weighted by Crippen LogP contribution is -1.96. The number of aromatic nitrogens is 3. The third kappa shape index (κ3) is 2.89. The Hall–Kier alpha value is -1.72. The maximum absolute atomic E-state index is 8.82. The van der Waals surface area contributed by atoms with Gasteiger partial charge in [-0.3, -0.25) is 0 Å². The Labute approximate surface area is 99.7 Å². The molecule has 0 spiro atoms. The molecule has 5 nitrogen and oxygen atoms in total. The highest BCUT2D eigenvalue weighted by Crippen LogP contribution is 2.10. The van der Waals surface area contributed by atoms with Crippen LogP contribution in [0, 0.1) is 0 Å². The third-order valence-corrected chi connectivity index (χ3v) is 2.39. The summed E-state index contributed by atoms with van der Waals surface area (Å²) in [5.74, 6) is 0. The summed E-state index contributed by atoms with van der Waals surface area (Å²) in [7, 11) is 1.67. The molecule has 5 heteroatoms. The van der Waals surface area contributed by atoms with E-state index < -0.39 is 0 Å². The largest absolute Gasteiger partial charge is 0.396 e. The van der Waals surface area contributed by atoms with Crippen LogP contribution in [0.5, 0.6) is 0 Å². The minimum absolute atomic E-state index is 0.0857. The predicted molar refractivity (Wildman–Crippen MR) is 62.9 cm³/mol. The molecule has 1 N–H and O–H groups in total. The molecule has 0 aliphatic heterocycles. The van der Waals surface area contributed by atoms with Gasteiger partial charge in [0, 0.05) is 20.1 Å². The van der Waals surface area contributed by atoms with Gasteiger partial charge in [0.15, 0.2) is 0 Å². The van der Waals surface area contributed by atoms with E-state index in [0.717, 1.165) is 16.9 Å². The fourth-order valence-electron chi connectivity index (χ4n) is 1.61. The van der Waals surface area contributed by atoms with Gasteiger partial charge in [0.2, 0.25) is 0 Å². The van der Waals surface area contributed by atoms with Crippen LogP contribution in [0.2, 0.25) is 0 Å². The molecule has 0 aliphatic rings. The minimum atomic E-state index is 0.0857. The lowest BCUT2D eigenvalue weighted by Gasteiger charge is -2.03. The molecule has 0 bridgehead atoms. The fraction of sp³-hybridized carbons (Fsp3) is 0.333. The smallest absolute Gasteiger partial charge is 0.0854 e. The zero-order chi connectivity index (χ0) is 12.1. The molecule has 90 valence electrons. The summed E-state index contributed by atoms with van der Waals surface area (Å²) in [6.45, 7) is 0.661. The van der Waals surface area contributed by atoms with E-state index in [1.165, 1.54) is 0 Å². The van der Waals surface area contributed by atoms with Crippen LogP contribution in [0.25, 0.3) is 5.69 Å². The molecule has 0 radical (unpaired) electrons. The van der Waals surface area contributed by atoms with Gasteiger partial charge in [-0.2, -0.15) is 0 Å². The molecule has 2 rings (SSSR count). The van der Waals surface area contributed by atoms with Crippen molar-refractivity contribution in [3.05, 3.63) is 41.7 Å². The molecule has 0 amide bonds. The molecular weight excluding hydrogens is 218 g/mol. The third-order valence-electron chi connectivity index (χ3n) is 2.39. The van der Waals surface area contributed by atoms with E-state index in [4.69, 9.17) is 9.84 Å². The van der Waals surface area contributed by atoms with Crippen LogP contribution in [0.4, 0.5) is 0 Å². The second-order valence-electron chi connectivity index (χ2n) is 3.73. The first-order chi connectivity index (χ1) is 8.33. The van der Waals surface area contributed by atoms with Gasteiger partial charge in [-0.25, -0.2) is 4.68 Å². The average molecular weight is 233 g/mol. The Bertz CT molecular complexity index is 482. The summed E-state index contributed by atoms with van der Waals surface area (Å²) < 4.78 is 6.78. The number of aliphatic hydroxyl groups excluding tert-OH is 1. The summed E-state index contributed by atoms with van der Waals surface area (Å²) >= 11 is 0. The molecule has 0 saturated carbocycles. The SMILES string of the molecule is COCc1cccc(-n2cc(CCO)nn2)c1. The van der Waals surface area contributed by atoms with Crippen LogP contribution in [0.15, 0.2) is 30.5 Å². The van der Waals surface area contributed by atoms with Crippen LogP contribution in [-0.4, -0.2) is 33.8 Å². The number of aliphatic hydroxyl groups is 1. The number of nitrogens with zero attached hydrogens (tertiary/aromatic N) is 3. The van der Waals surface area contributed by atoms with E-state index in [1.54, 1.807) is 11.8 Å². The molecule has 17 heavy (non-hydrogen) atoms. The molecule has 0 aliphatic carbocycles. The predicted octanol–water partition coefficient (Wildman–Crippen LogP) is 0.948. The maximum Gasteiger partial charge on any atom is 0.0854 e. The van der Waals surface area contributed by atoms with Crippen LogP contribution in [-0.2, 0) is 17.8 Å². The van der Waals surface area contributed by atoms with Gasteiger partial charge < -0.3 is 9.84 Å². The summed E-state index contributed by atoms with van der Waals surface area (Å²) in [4.78, 5) is 0. The molecule has 0 atom stereocenters. The maximum atomic E-state index is 8.82. The minimum Gasteiger partial charge on any atom is -0.396 e. The molecule has 2 aromatic rings. The normalized spacial score (nSPS) is 10.7. The van der Waals surface area contributed by atoms with Crippen LogP contribution < -0.4 is 0 Å². The standard InChI is InChI=1S/C12H15N3O2/c1-17-9-10-3-2-4-12(7-10)15-8-11(5-6-16)13-14-15/h2-4,7-8,16H,5-6,9H2,1H3.